The van der Waals surface area contributed by atoms with E-state index in [1.807, 2.05) is 0 Å². The van der Waals surface area contributed by atoms with Gasteiger partial charge in [-0.25, -0.2) is 0 Å². The monoisotopic (exact) mass is 173 g/mol. The largest absolute Gasteiger partial charge is 0.378 e. The Bertz CT molecular complexity index is 154. The van der Waals surface area contributed by atoms with E-state index in [0.717, 1.165) is 0 Å². The van der Waals surface area contributed by atoms with Gasteiger partial charge < -0.3 is 14.4 Å². The second kappa shape index (κ2) is 4.42. The summed E-state index contributed by atoms with van der Waals surface area (Å²) < 4.78 is 10.1. The van der Waals surface area contributed by atoms with Crippen molar-refractivity contribution in [1.29, 1.82) is 0 Å². The molecule has 0 spiro atoms. The van der Waals surface area contributed by atoms with Gasteiger partial charge in [0, 0.05) is 20.2 Å². The van der Waals surface area contributed by atoms with Crippen LogP contribution in [-0.2, 0) is 14.3 Å². The van der Waals surface area contributed by atoms with Gasteiger partial charge in [0.05, 0.1) is 13.2 Å². The van der Waals surface area contributed by atoms with Crippen LogP contribution in [0.4, 0.5) is 0 Å². The van der Waals surface area contributed by atoms with E-state index in [4.69, 9.17) is 9.47 Å². The molecule has 1 amide bonds. The predicted molar refractivity (Wildman–Crippen MR) is 43.9 cm³/mol. The molecule has 1 fully saturated rings. The highest BCUT2D eigenvalue weighted by molar-refractivity contribution is 5.80. The third-order valence-electron chi connectivity index (χ3n) is 2.02. The molecule has 1 heterocycles. The van der Waals surface area contributed by atoms with Gasteiger partial charge in [0.25, 0.3) is 5.91 Å². The van der Waals surface area contributed by atoms with Crippen LogP contribution in [0.15, 0.2) is 0 Å². The molecule has 1 rings (SSSR count). The number of morpholine rings is 1. The van der Waals surface area contributed by atoms with E-state index in [-0.39, 0.29) is 12.0 Å². The lowest BCUT2D eigenvalue weighted by molar-refractivity contribution is -0.144. The molecule has 1 saturated heterocycles. The Labute approximate surface area is 72.4 Å². The van der Waals surface area contributed by atoms with Crippen molar-refractivity contribution in [3.8, 4) is 0 Å². The van der Waals surface area contributed by atoms with E-state index in [0.29, 0.717) is 26.3 Å². The first-order valence-electron chi connectivity index (χ1n) is 4.15. The maximum atomic E-state index is 11.5. The molecule has 0 aromatic rings. The summed E-state index contributed by atoms with van der Waals surface area (Å²) in [4.78, 5) is 13.2. The first kappa shape index (κ1) is 9.48. The molecule has 4 nitrogen and oxygen atoms in total. The molecule has 0 aromatic heterocycles. The molecule has 1 aliphatic rings. The Hall–Kier alpha value is -0.610. The van der Waals surface area contributed by atoms with Crippen molar-refractivity contribution < 1.29 is 14.3 Å². The van der Waals surface area contributed by atoms with Crippen molar-refractivity contribution in [1.82, 2.24) is 4.90 Å². The number of carbonyl (C=O) groups is 1. The minimum absolute atomic E-state index is 0.0563. The lowest BCUT2D eigenvalue weighted by Crippen LogP contribution is -2.45. The number of nitrogens with zero attached hydrogens (tertiary/aromatic N) is 1. The van der Waals surface area contributed by atoms with Crippen molar-refractivity contribution in [2.75, 3.05) is 33.4 Å². The van der Waals surface area contributed by atoms with Gasteiger partial charge in [0.1, 0.15) is 6.10 Å². The summed E-state index contributed by atoms with van der Waals surface area (Å²) in [5.74, 6) is 0.0563. The summed E-state index contributed by atoms with van der Waals surface area (Å²) in [6.07, 6.45) is -0.330. The van der Waals surface area contributed by atoms with Gasteiger partial charge >= 0.3 is 0 Å². The lowest BCUT2D eigenvalue weighted by atomic mass is 10.3. The predicted octanol–water partition coefficient (Wildman–Crippen LogP) is -0.120. The minimum Gasteiger partial charge on any atom is -0.378 e. The Morgan fingerprint density at radius 2 is 2.08 bits per heavy atom. The summed E-state index contributed by atoms with van der Waals surface area (Å²) >= 11 is 0. The fourth-order valence-corrected chi connectivity index (χ4v) is 1.14. The van der Waals surface area contributed by atoms with E-state index < -0.39 is 0 Å². The Morgan fingerprint density at radius 3 is 2.58 bits per heavy atom. The van der Waals surface area contributed by atoms with E-state index in [9.17, 15) is 4.79 Å². The summed E-state index contributed by atoms with van der Waals surface area (Å²) in [6.45, 7) is 4.42. The third kappa shape index (κ3) is 2.19. The summed E-state index contributed by atoms with van der Waals surface area (Å²) in [5.41, 5.74) is 0. The lowest BCUT2D eigenvalue weighted by Gasteiger charge is -2.28. The normalized spacial score (nSPS) is 20.7. The van der Waals surface area contributed by atoms with Crippen LogP contribution in [0.1, 0.15) is 6.92 Å². The second-order valence-electron chi connectivity index (χ2n) is 2.82. The Kier molecular flexibility index (Phi) is 3.49. The molecule has 4 heteroatoms. The highest BCUT2D eigenvalue weighted by atomic mass is 16.5. The zero-order chi connectivity index (χ0) is 8.97. The van der Waals surface area contributed by atoms with E-state index in [1.54, 1.807) is 18.9 Å². The van der Waals surface area contributed by atoms with Gasteiger partial charge in [0.15, 0.2) is 0 Å². The molecule has 1 aliphatic heterocycles. The number of ether oxygens (including phenoxy) is 2. The van der Waals surface area contributed by atoms with Crippen molar-refractivity contribution >= 4 is 5.91 Å². The van der Waals surface area contributed by atoms with Crippen LogP contribution in [0.25, 0.3) is 0 Å². The van der Waals surface area contributed by atoms with E-state index >= 15 is 0 Å². The molecular weight excluding hydrogens is 158 g/mol. The molecule has 0 bridgehead atoms. The first-order valence-corrected chi connectivity index (χ1v) is 4.15. The third-order valence-corrected chi connectivity index (χ3v) is 2.02. The van der Waals surface area contributed by atoms with Crippen LogP contribution in [0.2, 0.25) is 0 Å². The molecule has 0 aromatic carbocycles. The summed E-state index contributed by atoms with van der Waals surface area (Å²) in [5, 5.41) is 0. The summed E-state index contributed by atoms with van der Waals surface area (Å²) in [6, 6.07) is 0. The van der Waals surface area contributed by atoms with Gasteiger partial charge in [0.2, 0.25) is 0 Å². The van der Waals surface area contributed by atoms with Crippen molar-refractivity contribution in [3.05, 3.63) is 0 Å². The van der Waals surface area contributed by atoms with Gasteiger partial charge in [-0.3, -0.25) is 4.79 Å². The number of carbonyl (C=O) groups excluding carboxylic acids is 1. The maximum absolute atomic E-state index is 11.5. The molecule has 0 radical (unpaired) electrons. The van der Waals surface area contributed by atoms with Crippen LogP contribution in [0.3, 0.4) is 0 Å². The Balaban J connectivity index is 2.39. The van der Waals surface area contributed by atoms with Crippen LogP contribution < -0.4 is 0 Å². The average Bonchev–Trinajstić information content (AvgIpc) is 2.17. The fourth-order valence-electron chi connectivity index (χ4n) is 1.14. The summed E-state index contributed by atoms with van der Waals surface area (Å²) in [7, 11) is 1.54. The van der Waals surface area contributed by atoms with Crippen LogP contribution in [0, 0.1) is 0 Å². The number of rotatable bonds is 2. The topological polar surface area (TPSA) is 38.8 Å². The molecular formula is C8H15NO3. The maximum Gasteiger partial charge on any atom is 0.251 e. The van der Waals surface area contributed by atoms with Crippen LogP contribution in [0.5, 0.6) is 0 Å². The highest BCUT2D eigenvalue weighted by Crippen LogP contribution is 2.01. The number of methoxy groups -OCH3 is 1. The number of amides is 1. The van der Waals surface area contributed by atoms with Crippen molar-refractivity contribution in [2.45, 2.75) is 13.0 Å². The fraction of sp³-hybridized carbons (Fsp3) is 0.875. The molecule has 12 heavy (non-hydrogen) atoms. The molecule has 1 unspecified atom stereocenters. The van der Waals surface area contributed by atoms with Crippen LogP contribution in [-0.4, -0.2) is 50.3 Å². The quantitative estimate of drug-likeness (QED) is 0.584. The van der Waals surface area contributed by atoms with Gasteiger partial charge in [-0.1, -0.05) is 0 Å². The minimum atomic E-state index is -0.330. The molecule has 0 saturated carbocycles. The molecule has 70 valence electrons. The van der Waals surface area contributed by atoms with Gasteiger partial charge in [-0.05, 0) is 6.92 Å². The molecule has 0 aliphatic carbocycles. The smallest absolute Gasteiger partial charge is 0.251 e. The zero-order valence-electron chi connectivity index (χ0n) is 7.58. The standard InChI is InChI=1S/C8H15NO3/c1-7(11-2)8(10)9-3-5-12-6-4-9/h7H,3-6H2,1-2H3. The van der Waals surface area contributed by atoms with Crippen molar-refractivity contribution in [3.63, 3.8) is 0 Å². The van der Waals surface area contributed by atoms with E-state index in [2.05, 4.69) is 0 Å². The SMILES string of the molecule is COC(C)C(=O)N1CCOCC1. The molecule has 0 N–H and O–H groups in total. The van der Waals surface area contributed by atoms with Gasteiger partial charge in [-0.2, -0.15) is 0 Å². The van der Waals surface area contributed by atoms with E-state index in [1.165, 1.54) is 0 Å². The highest BCUT2D eigenvalue weighted by Gasteiger charge is 2.21. The number of hydrogen-bond acceptors (Lipinski definition) is 3. The van der Waals surface area contributed by atoms with Crippen molar-refractivity contribution in [2.24, 2.45) is 0 Å². The number of hydrogen-bond donors (Lipinski definition) is 0. The zero-order valence-corrected chi connectivity index (χ0v) is 7.58. The first-order chi connectivity index (χ1) is 5.75. The van der Waals surface area contributed by atoms with Crippen LogP contribution >= 0.6 is 0 Å². The Morgan fingerprint density at radius 1 is 1.50 bits per heavy atom. The second-order valence-corrected chi connectivity index (χ2v) is 2.82. The average molecular weight is 173 g/mol. The molecule has 1 atom stereocenters. The van der Waals surface area contributed by atoms with Gasteiger partial charge in [-0.15, -0.1) is 0 Å².